The predicted octanol–water partition coefficient (Wildman–Crippen LogP) is 1.77. The monoisotopic (exact) mass is 273 g/mol. The van der Waals surface area contributed by atoms with Gasteiger partial charge >= 0.3 is 0 Å². The second-order valence-electron chi connectivity index (χ2n) is 4.62. The molecule has 0 spiro atoms. The minimum atomic E-state index is -0.123. The van der Waals surface area contributed by atoms with E-state index in [-0.39, 0.29) is 11.7 Å². The Morgan fingerprint density at radius 3 is 2.70 bits per heavy atom. The highest BCUT2D eigenvalue weighted by Crippen LogP contribution is 2.11. The summed E-state index contributed by atoms with van der Waals surface area (Å²) in [6, 6.07) is 8.64. The molecule has 1 aromatic carbocycles. The average Bonchev–Trinajstić information content (AvgIpc) is 2.82. The second-order valence-corrected chi connectivity index (χ2v) is 4.62. The van der Waals surface area contributed by atoms with Crippen molar-refractivity contribution in [3.05, 3.63) is 47.8 Å². The van der Waals surface area contributed by atoms with Crippen LogP contribution in [0.3, 0.4) is 0 Å². The molecule has 20 heavy (non-hydrogen) atoms. The summed E-state index contributed by atoms with van der Waals surface area (Å²) >= 11 is 0. The van der Waals surface area contributed by atoms with Gasteiger partial charge in [-0.2, -0.15) is 0 Å². The van der Waals surface area contributed by atoms with Gasteiger partial charge in [0.05, 0.1) is 5.69 Å². The summed E-state index contributed by atoms with van der Waals surface area (Å²) < 4.78 is 1.82. The number of phenols is 1. The first-order chi connectivity index (χ1) is 9.60. The van der Waals surface area contributed by atoms with Crippen LogP contribution in [0.1, 0.15) is 23.0 Å². The number of nitrogens with zero attached hydrogens (tertiary/aromatic N) is 1. The van der Waals surface area contributed by atoms with Crippen LogP contribution < -0.4 is 11.1 Å². The van der Waals surface area contributed by atoms with Crippen LogP contribution in [0.15, 0.2) is 36.5 Å². The maximum atomic E-state index is 12.1. The maximum absolute atomic E-state index is 12.1. The van der Waals surface area contributed by atoms with E-state index in [1.807, 2.05) is 23.6 Å². The molecule has 0 saturated heterocycles. The lowest BCUT2D eigenvalue weighted by Gasteiger charge is -2.07. The highest BCUT2D eigenvalue weighted by atomic mass is 16.3. The van der Waals surface area contributed by atoms with E-state index in [0.717, 1.165) is 5.56 Å². The standard InChI is InChI=1S/C15H19N3O2/c1-2-18-10-12(16)9-14(18)15(20)17-8-7-11-3-5-13(19)6-4-11/h3-6,9-10,19H,2,7-8,16H2,1H3,(H,17,20). The number of aromatic nitrogens is 1. The van der Waals surface area contributed by atoms with Gasteiger partial charge in [0.15, 0.2) is 0 Å². The summed E-state index contributed by atoms with van der Waals surface area (Å²) in [7, 11) is 0. The average molecular weight is 273 g/mol. The van der Waals surface area contributed by atoms with Gasteiger partial charge in [0.1, 0.15) is 11.4 Å². The van der Waals surface area contributed by atoms with E-state index in [1.165, 1.54) is 0 Å². The molecule has 0 saturated carbocycles. The summed E-state index contributed by atoms with van der Waals surface area (Å²) in [5.74, 6) is 0.122. The summed E-state index contributed by atoms with van der Waals surface area (Å²) in [5, 5.41) is 12.1. The van der Waals surface area contributed by atoms with E-state index in [1.54, 1.807) is 24.4 Å². The molecule has 1 heterocycles. The maximum Gasteiger partial charge on any atom is 0.267 e. The van der Waals surface area contributed by atoms with Crippen molar-refractivity contribution in [1.29, 1.82) is 0 Å². The van der Waals surface area contributed by atoms with Crippen molar-refractivity contribution < 1.29 is 9.90 Å². The van der Waals surface area contributed by atoms with Crippen molar-refractivity contribution in [3.63, 3.8) is 0 Å². The molecule has 0 fully saturated rings. The molecule has 0 bridgehead atoms. The van der Waals surface area contributed by atoms with Crippen LogP contribution in [0.25, 0.3) is 0 Å². The van der Waals surface area contributed by atoms with Gasteiger partial charge < -0.3 is 20.7 Å². The minimum Gasteiger partial charge on any atom is -0.508 e. The van der Waals surface area contributed by atoms with Crippen molar-refractivity contribution in [2.45, 2.75) is 19.9 Å². The van der Waals surface area contributed by atoms with E-state index in [2.05, 4.69) is 5.32 Å². The second kappa shape index (κ2) is 6.14. The van der Waals surface area contributed by atoms with Crippen molar-refractivity contribution in [2.24, 2.45) is 0 Å². The van der Waals surface area contributed by atoms with Crippen LogP contribution in [0, 0.1) is 0 Å². The fourth-order valence-electron chi connectivity index (χ4n) is 2.06. The molecule has 1 amide bonds. The van der Waals surface area contributed by atoms with E-state index in [0.29, 0.717) is 30.9 Å². The first kappa shape index (κ1) is 14.0. The Bertz CT molecular complexity index is 588. The molecule has 0 unspecified atom stereocenters. The third kappa shape index (κ3) is 3.32. The summed E-state index contributed by atoms with van der Waals surface area (Å²) in [5.41, 5.74) is 7.94. The van der Waals surface area contributed by atoms with Gasteiger partial charge in [0, 0.05) is 19.3 Å². The largest absolute Gasteiger partial charge is 0.508 e. The predicted molar refractivity (Wildman–Crippen MR) is 78.7 cm³/mol. The highest BCUT2D eigenvalue weighted by molar-refractivity contribution is 5.93. The van der Waals surface area contributed by atoms with Gasteiger partial charge in [-0.3, -0.25) is 4.79 Å². The zero-order chi connectivity index (χ0) is 14.5. The third-order valence-corrected chi connectivity index (χ3v) is 3.13. The highest BCUT2D eigenvalue weighted by Gasteiger charge is 2.11. The number of aromatic hydroxyl groups is 1. The number of phenolic OH excluding ortho intramolecular Hbond substituents is 1. The molecule has 5 heteroatoms. The number of hydrogen-bond acceptors (Lipinski definition) is 3. The number of nitrogen functional groups attached to an aromatic ring is 1. The summed E-state index contributed by atoms with van der Waals surface area (Å²) in [6.45, 7) is 3.21. The van der Waals surface area contributed by atoms with Gasteiger partial charge in [-0.1, -0.05) is 12.1 Å². The summed E-state index contributed by atoms with van der Waals surface area (Å²) in [6.07, 6.45) is 2.48. The SMILES string of the molecule is CCn1cc(N)cc1C(=O)NCCc1ccc(O)cc1. The Hall–Kier alpha value is -2.43. The van der Waals surface area contributed by atoms with Crippen molar-refractivity contribution in [2.75, 3.05) is 12.3 Å². The number of carbonyl (C=O) groups excluding carboxylic acids is 1. The Balaban J connectivity index is 1.90. The zero-order valence-corrected chi connectivity index (χ0v) is 11.5. The molecular formula is C15H19N3O2. The number of nitrogens with two attached hydrogens (primary N) is 1. The van der Waals surface area contributed by atoms with Gasteiger partial charge in [-0.25, -0.2) is 0 Å². The van der Waals surface area contributed by atoms with Crippen molar-refractivity contribution in [1.82, 2.24) is 9.88 Å². The van der Waals surface area contributed by atoms with E-state index < -0.39 is 0 Å². The first-order valence-electron chi connectivity index (χ1n) is 6.62. The van der Waals surface area contributed by atoms with E-state index in [4.69, 9.17) is 5.73 Å². The van der Waals surface area contributed by atoms with Crippen LogP contribution in [0.4, 0.5) is 5.69 Å². The number of amides is 1. The molecule has 2 aromatic rings. The Labute approximate surface area is 118 Å². The number of aryl methyl sites for hydroxylation is 1. The van der Waals surface area contributed by atoms with Crippen LogP contribution in [0.5, 0.6) is 5.75 Å². The third-order valence-electron chi connectivity index (χ3n) is 3.13. The number of anilines is 1. The van der Waals surface area contributed by atoms with Crippen molar-refractivity contribution >= 4 is 11.6 Å². The molecule has 4 N–H and O–H groups in total. The van der Waals surface area contributed by atoms with E-state index >= 15 is 0 Å². The number of carbonyl (C=O) groups is 1. The quantitative estimate of drug-likeness (QED) is 0.776. The Morgan fingerprint density at radius 1 is 1.35 bits per heavy atom. The summed E-state index contributed by atoms with van der Waals surface area (Å²) in [4.78, 5) is 12.1. The van der Waals surface area contributed by atoms with E-state index in [9.17, 15) is 9.90 Å². The molecule has 0 aliphatic heterocycles. The fraction of sp³-hybridized carbons (Fsp3) is 0.267. The van der Waals surface area contributed by atoms with Crippen LogP contribution in [-0.4, -0.2) is 22.1 Å². The Kier molecular flexibility index (Phi) is 4.30. The molecule has 0 atom stereocenters. The molecule has 1 aromatic heterocycles. The number of nitrogens with one attached hydrogen (secondary N) is 1. The lowest BCUT2D eigenvalue weighted by atomic mass is 10.1. The lowest BCUT2D eigenvalue weighted by molar-refractivity contribution is 0.0945. The van der Waals surface area contributed by atoms with Gasteiger partial charge in [0.25, 0.3) is 5.91 Å². The van der Waals surface area contributed by atoms with Gasteiger partial charge in [0.2, 0.25) is 0 Å². The minimum absolute atomic E-state index is 0.123. The first-order valence-corrected chi connectivity index (χ1v) is 6.62. The molecule has 5 nitrogen and oxygen atoms in total. The number of rotatable bonds is 5. The fourth-order valence-corrected chi connectivity index (χ4v) is 2.06. The normalized spacial score (nSPS) is 10.4. The van der Waals surface area contributed by atoms with Crippen LogP contribution >= 0.6 is 0 Å². The molecular weight excluding hydrogens is 254 g/mol. The van der Waals surface area contributed by atoms with Crippen LogP contribution in [0.2, 0.25) is 0 Å². The molecule has 0 aliphatic carbocycles. The molecule has 0 radical (unpaired) electrons. The van der Waals surface area contributed by atoms with Gasteiger partial charge in [-0.05, 0) is 37.1 Å². The van der Waals surface area contributed by atoms with Crippen LogP contribution in [-0.2, 0) is 13.0 Å². The Morgan fingerprint density at radius 2 is 2.05 bits per heavy atom. The molecule has 106 valence electrons. The smallest absolute Gasteiger partial charge is 0.267 e. The molecule has 2 rings (SSSR count). The number of hydrogen-bond donors (Lipinski definition) is 3. The lowest BCUT2D eigenvalue weighted by Crippen LogP contribution is -2.27. The zero-order valence-electron chi connectivity index (χ0n) is 11.5. The molecule has 0 aliphatic rings. The van der Waals surface area contributed by atoms with Crippen molar-refractivity contribution in [3.8, 4) is 5.75 Å². The van der Waals surface area contributed by atoms with Gasteiger partial charge in [-0.15, -0.1) is 0 Å². The topological polar surface area (TPSA) is 80.3 Å². The number of benzene rings is 1.